The van der Waals surface area contributed by atoms with Crippen molar-refractivity contribution < 1.29 is 13.9 Å². The number of thioether (sulfide) groups is 1. The van der Waals surface area contributed by atoms with E-state index in [1.165, 1.54) is 11.8 Å². The molecule has 140 valence electrons. The van der Waals surface area contributed by atoms with E-state index < -0.39 is 0 Å². The van der Waals surface area contributed by atoms with Crippen LogP contribution in [-0.4, -0.2) is 46.5 Å². The number of hydrogen-bond acceptors (Lipinski definition) is 6. The molecule has 0 bridgehead atoms. The van der Waals surface area contributed by atoms with Crippen LogP contribution in [0, 0.1) is 0 Å². The molecule has 3 heterocycles. The first kappa shape index (κ1) is 19.0. The number of carbonyl (C=O) groups excluding carboxylic acids is 1. The third kappa shape index (κ3) is 3.94. The van der Waals surface area contributed by atoms with Gasteiger partial charge in [0.25, 0.3) is 5.91 Å². The average Bonchev–Trinajstić information content (AvgIpc) is 3.23. The standard InChI is InChI=1S/C18H14Cl2N2O3S2/c19-11-1-3-14(20)13(9-11)15-4-2-12(25-15)10-16-17(23)22(18(26)27-16)21-5-7-24-8-6-21/h1-4,9-10H,5-8H2. The molecule has 1 aromatic carbocycles. The predicted octanol–water partition coefficient (Wildman–Crippen LogP) is 4.70. The number of furan rings is 1. The second-order valence-corrected chi connectivity index (χ2v) is 8.41. The van der Waals surface area contributed by atoms with E-state index in [4.69, 9.17) is 44.6 Å². The number of amides is 1. The lowest BCUT2D eigenvalue weighted by molar-refractivity contribution is -0.138. The monoisotopic (exact) mass is 440 g/mol. The number of rotatable bonds is 3. The molecule has 2 aromatic rings. The smallest absolute Gasteiger partial charge is 0.281 e. The van der Waals surface area contributed by atoms with Crippen LogP contribution in [0.2, 0.25) is 10.0 Å². The van der Waals surface area contributed by atoms with Gasteiger partial charge in [-0.3, -0.25) is 4.79 Å². The Hall–Kier alpha value is -1.35. The molecule has 0 radical (unpaired) electrons. The maximum atomic E-state index is 12.8. The maximum Gasteiger partial charge on any atom is 0.281 e. The Morgan fingerprint density at radius 1 is 1.15 bits per heavy atom. The van der Waals surface area contributed by atoms with Crippen LogP contribution < -0.4 is 0 Å². The highest BCUT2D eigenvalue weighted by atomic mass is 35.5. The Labute approximate surface area is 175 Å². The van der Waals surface area contributed by atoms with Gasteiger partial charge < -0.3 is 9.15 Å². The first-order valence-electron chi connectivity index (χ1n) is 8.19. The van der Waals surface area contributed by atoms with E-state index in [1.54, 1.807) is 41.4 Å². The van der Waals surface area contributed by atoms with E-state index in [-0.39, 0.29) is 5.91 Å². The first-order chi connectivity index (χ1) is 13.0. The first-order valence-corrected chi connectivity index (χ1v) is 10.2. The molecule has 2 aliphatic rings. The summed E-state index contributed by atoms with van der Waals surface area (Å²) in [6, 6.07) is 8.76. The number of ether oxygens (including phenoxy) is 1. The van der Waals surface area contributed by atoms with Gasteiger partial charge in [0.2, 0.25) is 0 Å². The van der Waals surface area contributed by atoms with Gasteiger partial charge in [-0.15, -0.1) is 0 Å². The van der Waals surface area contributed by atoms with Gasteiger partial charge in [-0.05, 0) is 30.3 Å². The molecule has 4 rings (SSSR count). The van der Waals surface area contributed by atoms with E-state index in [0.29, 0.717) is 62.7 Å². The van der Waals surface area contributed by atoms with Crippen molar-refractivity contribution in [2.75, 3.05) is 26.3 Å². The minimum atomic E-state index is -0.148. The maximum absolute atomic E-state index is 12.8. The molecule has 2 aliphatic heterocycles. The summed E-state index contributed by atoms with van der Waals surface area (Å²) >= 11 is 18.9. The lowest BCUT2D eigenvalue weighted by Crippen LogP contribution is -2.50. The molecule has 0 atom stereocenters. The highest BCUT2D eigenvalue weighted by Gasteiger charge is 2.37. The highest BCUT2D eigenvalue weighted by Crippen LogP contribution is 2.36. The van der Waals surface area contributed by atoms with E-state index in [9.17, 15) is 4.79 Å². The fourth-order valence-electron chi connectivity index (χ4n) is 2.85. The Kier molecular flexibility index (Phi) is 5.59. The molecule has 5 nitrogen and oxygen atoms in total. The van der Waals surface area contributed by atoms with Crippen LogP contribution in [0.25, 0.3) is 17.4 Å². The average molecular weight is 441 g/mol. The van der Waals surface area contributed by atoms with Crippen molar-refractivity contribution in [1.29, 1.82) is 0 Å². The fraction of sp³-hybridized carbons (Fsp3) is 0.222. The second-order valence-electron chi connectivity index (χ2n) is 5.89. The molecular weight excluding hydrogens is 427 g/mol. The SMILES string of the molecule is O=C1C(=Cc2ccc(-c3cc(Cl)ccc3Cl)o2)SC(=S)N1N1CCOCC1. The molecule has 2 saturated heterocycles. The number of benzene rings is 1. The van der Waals surface area contributed by atoms with Crippen molar-refractivity contribution in [2.24, 2.45) is 0 Å². The Morgan fingerprint density at radius 3 is 2.70 bits per heavy atom. The molecule has 2 fully saturated rings. The van der Waals surface area contributed by atoms with Crippen LogP contribution in [0.1, 0.15) is 5.76 Å². The van der Waals surface area contributed by atoms with Crippen molar-refractivity contribution in [3.63, 3.8) is 0 Å². The highest BCUT2D eigenvalue weighted by molar-refractivity contribution is 8.26. The van der Waals surface area contributed by atoms with Crippen LogP contribution in [0.3, 0.4) is 0 Å². The van der Waals surface area contributed by atoms with E-state index in [1.807, 2.05) is 5.01 Å². The predicted molar refractivity (Wildman–Crippen MR) is 112 cm³/mol. The number of halogens is 2. The normalized spacial score (nSPS) is 20.1. The van der Waals surface area contributed by atoms with Crippen LogP contribution >= 0.6 is 47.2 Å². The van der Waals surface area contributed by atoms with Gasteiger partial charge in [-0.25, -0.2) is 10.0 Å². The lowest BCUT2D eigenvalue weighted by Gasteiger charge is -2.33. The molecule has 1 aromatic heterocycles. The van der Waals surface area contributed by atoms with E-state index >= 15 is 0 Å². The minimum absolute atomic E-state index is 0.148. The lowest BCUT2D eigenvalue weighted by atomic mass is 10.2. The van der Waals surface area contributed by atoms with Gasteiger partial charge in [0.15, 0.2) is 4.32 Å². The second kappa shape index (κ2) is 7.95. The van der Waals surface area contributed by atoms with Crippen LogP contribution in [0.4, 0.5) is 0 Å². The minimum Gasteiger partial charge on any atom is -0.457 e. The zero-order chi connectivity index (χ0) is 19.0. The van der Waals surface area contributed by atoms with E-state index in [2.05, 4.69) is 0 Å². The third-order valence-corrected chi connectivity index (χ3v) is 5.99. The number of hydrogen-bond donors (Lipinski definition) is 0. The molecule has 0 unspecified atom stereocenters. The Morgan fingerprint density at radius 2 is 1.93 bits per heavy atom. The van der Waals surface area contributed by atoms with Crippen molar-refractivity contribution in [2.45, 2.75) is 0 Å². The molecule has 1 amide bonds. The summed E-state index contributed by atoms with van der Waals surface area (Å²) < 4.78 is 11.7. The van der Waals surface area contributed by atoms with Gasteiger partial charge >= 0.3 is 0 Å². The number of nitrogens with zero attached hydrogens (tertiary/aromatic N) is 2. The van der Waals surface area contributed by atoms with Crippen molar-refractivity contribution >= 4 is 63.5 Å². The summed E-state index contributed by atoms with van der Waals surface area (Å²) in [6.45, 7) is 2.44. The van der Waals surface area contributed by atoms with Crippen molar-refractivity contribution in [1.82, 2.24) is 10.0 Å². The van der Waals surface area contributed by atoms with Crippen molar-refractivity contribution in [3.05, 3.63) is 51.0 Å². The molecule has 27 heavy (non-hydrogen) atoms. The van der Waals surface area contributed by atoms with Gasteiger partial charge in [0, 0.05) is 29.8 Å². The summed E-state index contributed by atoms with van der Waals surface area (Å²) in [4.78, 5) is 13.3. The summed E-state index contributed by atoms with van der Waals surface area (Å²) in [6.07, 6.45) is 1.70. The molecule has 0 saturated carbocycles. The van der Waals surface area contributed by atoms with Gasteiger partial charge in [-0.2, -0.15) is 0 Å². The summed E-state index contributed by atoms with van der Waals surface area (Å²) in [5.74, 6) is 0.978. The molecular formula is C18H14Cl2N2O3S2. The topological polar surface area (TPSA) is 45.9 Å². The zero-order valence-electron chi connectivity index (χ0n) is 14.0. The number of thiocarbonyl (C=S) groups is 1. The molecule has 9 heteroatoms. The fourth-order valence-corrected chi connectivity index (χ4v) is 4.52. The van der Waals surface area contributed by atoms with Gasteiger partial charge in [0.05, 0.1) is 23.1 Å². The van der Waals surface area contributed by atoms with Crippen molar-refractivity contribution in [3.8, 4) is 11.3 Å². The Balaban J connectivity index is 1.57. The Bertz CT molecular complexity index is 938. The van der Waals surface area contributed by atoms with Crippen LogP contribution in [-0.2, 0) is 9.53 Å². The van der Waals surface area contributed by atoms with Gasteiger partial charge in [0.1, 0.15) is 11.5 Å². The number of hydrazine groups is 1. The third-order valence-electron chi connectivity index (χ3n) is 4.14. The quantitative estimate of drug-likeness (QED) is 0.508. The molecule has 0 N–H and O–H groups in total. The zero-order valence-corrected chi connectivity index (χ0v) is 17.1. The summed E-state index contributed by atoms with van der Waals surface area (Å²) in [5, 5.41) is 4.57. The number of carbonyl (C=O) groups is 1. The molecule has 0 spiro atoms. The van der Waals surface area contributed by atoms with Crippen LogP contribution in [0.5, 0.6) is 0 Å². The van der Waals surface area contributed by atoms with Crippen LogP contribution in [0.15, 0.2) is 39.7 Å². The summed E-state index contributed by atoms with van der Waals surface area (Å²) in [5.41, 5.74) is 0.699. The largest absolute Gasteiger partial charge is 0.457 e. The van der Waals surface area contributed by atoms with Gasteiger partial charge in [-0.1, -0.05) is 47.2 Å². The van der Waals surface area contributed by atoms with E-state index in [0.717, 1.165) is 0 Å². The molecule has 0 aliphatic carbocycles. The summed E-state index contributed by atoms with van der Waals surface area (Å²) in [7, 11) is 0. The number of morpholine rings is 1.